The standard InChI is InChI=1S/C23H20O7/c1-3-21(24)27-15-18-7-5-17(6-8-18)9-14-23(26)30-20-12-10-19(11-13-20)28-16-29-22(25)4-2/h3-14H,1-2,15-16H2/b14-9+. The number of carbonyl (C=O) groups excluding carboxylic acids is 3. The van der Waals surface area contributed by atoms with Crippen molar-refractivity contribution in [3.63, 3.8) is 0 Å². The van der Waals surface area contributed by atoms with Crippen LogP contribution in [0.2, 0.25) is 0 Å². The molecule has 0 aliphatic heterocycles. The summed E-state index contributed by atoms with van der Waals surface area (Å²) in [7, 11) is 0. The summed E-state index contributed by atoms with van der Waals surface area (Å²) in [6, 6.07) is 13.4. The maximum Gasteiger partial charge on any atom is 0.336 e. The second-order valence-corrected chi connectivity index (χ2v) is 5.71. The third-order valence-electron chi connectivity index (χ3n) is 3.57. The summed E-state index contributed by atoms with van der Waals surface area (Å²) in [5, 5.41) is 0. The summed E-state index contributed by atoms with van der Waals surface area (Å²) >= 11 is 0. The molecule has 0 fully saturated rings. The minimum atomic E-state index is -0.585. The maximum atomic E-state index is 12.0. The number of esters is 3. The zero-order valence-electron chi connectivity index (χ0n) is 16.1. The highest BCUT2D eigenvalue weighted by Crippen LogP contribution is 2.18. The van der Waals surface area contributed by atoms with Crippen molar-refractivity contribution in [3.8, 4) is 11.5 Å². The Hall–Kier alpha value is -4.13. The van der Waals surface area contributed by atoms with E-state index >= 15 is 0 Å². The molecule has 0 saturated heterocycles. The van der Waals surface area contributed by atoms with Crippen molar-refractivity contribution >= 4 is 24.0 Å². The highest BCUT2D eigenvalue weighted by Gasteiger charge is 2.03. The Bertz CT molecular complexity index is 925. The number of hydrogen-bond acceptors (Lipinski definition) is 7. The Kier molecular flexibility index (Phi) is 8.61. The lowest BCUT2D eigenvalue weighted by atomic mass is 10.1. The molecule has 2 rings (SSSR count). The topological polar surface area (TPSA) is 88.1 Å². The van der Waals surface area contributed by atoms with Gasteiger partial charge in [-0.2, -0.15) is 0 Å². The van der Waals surface area contributed by atoms with Crippen LogP contribution in [0.25, 0.3) is 6.08 Å². The van der Waals surface area contributed by atoms with Crippen molar-refractivity contribution in [2.75, 3.05) is 6.79 Å². The summed E-state index contributed by atoms with van der Waals surface area (Å²) in [6.07, 6.45) is 5.04. The Morgan fingerprint density at radius 3 is 2.00 bits per heavy atom. The molecule has 0 heterocycles. The van der Waals surface area contributed by atoms with Crippen molar-refractivity contribution in [2.24, 2.45) is 0 Å². The highest BCUT2D eigenvalue weighted by molar-refractivity contribution is 5.88. The first-order chi connectivity index (χ1) is 14.5. The molecule has 0 bridgehead atoms. The molecule has 2 aromatic carbocycles. The summed E-state index contributed by atoms with van der Waals surface area (Å²) in [4.78, 5) is 33.9. The quantitative estimate of drug-likeness (QED) is 0.257. The lowest BCUT2D eigenvalue weighted by Gasteiger charge is -2.07. The van der Waals surface area contributed by atoms with Gasteiger partial charge < -0.3 is 18.9 Å². The Morgan fingerprint density at radius 2 is 1.37 bits per heavy atom. The predicted molar refractivity (Wildman–Crippen MR) is 109 cm³/mol. The molecule has 0 amide bonds. The van der Waals surface area contributed by atoms with Crippen molar-refractivity contribution in [1.82, 2.24) is 0 Å². The van der Waals surface area contributed by atoms with E-state index in [0.717, 1.165) is 23.3 Å². The predicted octanol–water partition coefficient (Wildman–Crippen LogP) is 3.60. The Labute approximate surface area is 173 Å². The molecule has 0 aromatic heterocycles. The van der Waals surface area contributed by atoms with E-state index in [1.54, 1.807) is 54.6 Å². The van der Waals surface area contributed by atoms with E-state index in [2.05, 4.69) is 13.2 Å². The first-order valence-electron chi connectivity index (χ1n) is 8.80. The monoisotopic (exact) mass is 408 g/mol. The molecule has 7 heteroatoms. The van der Waals surface area contributed by atoms with Gasteiger partial charge >= 0.3 is 17.9 Å². The van der Waals surface area contributed by atoms with Crippen LogP contribution in [0.5, 0.6) is 11.5 Å². The van der Waals surface area contributed by atoms with E-state index in [0.29, 0.717) is 11.5 Å². The molecule has 0 radical (unpaired) electrons. The van der Waals surface area contributed by atoms with Gasteiger partial charge in [-0.05, 0) is 41.5 Å². The summed E-state index contributed by atoms with van der Waals surface area (Å²) in [5.41, 5.74) is 1.59. The van der Waals surface area contributed by atoms with Crippen LogP contribution in [0.4, 0.5) is 0 Å². The molecular formula is C23H20O7. The molecule has 7 nitrogen and oxygen atoms in total. The Morgan fingerprint density at radius 1 is 0.767 bits per heavy atom. The van der Waals surface area contributed by atoms with E-state index in [1.165, 1.54) is 6.08 Å². The van der Waals surface area contributed by atoms with Crippen LogP contribution in [0.3, 0.4) is 0 Å². The minimum absolute atomic E-state index is 0.146. The first-order valence-corrected chi connectivity index (χ1v) is 8.80. The third kappa shape index (κ3) is 7.85. The van der Waals surface area contributed by atoms with Crippen molar-refractivity contribution in [3.05, 3.63) is 91.0 Å². The van der Waals surface area contributed by atoms with E-state index in [-0.39, 0.29) is 13.4 Å². The molecule has 154 valence electrons. The highest BCUT2D eigenvalue weighted by atomic mass is 16.7. The molecule has 30 heavy (non-hydrogen) atoms. The van der Waals surface area contributed by atoms with Gasteiger partial charge in [-0.15, -0.1) is 0 Å². The molecule has 0 unspecified atom stereocenters. The van der Waals surface area contributed by atoms with E-state index in [4.69, 9.17) is 18.9 Å². The molecule has 0 spiro atoms. The maximum absolute atomic E-state index is 12.0. The van der Waals surface area contributed by atoms with Gasteiger partial charge in [-0.3, -0.25) is 0 Å². The first kappa shape index (κ1) is 22.2. The van der Waals surface area contributed by atoms with Crippen LogP contribution >= 0.6 is 0 Å². The molecular weight excluding hydrogens is 388 g/mol. The molecule has 2 aromatic rings. The van der Waals surface area contributed by atoms with Crippen LogP contribution in [-0.2, 0) is 30.5 Å². The molecule has 0 saturated carbocycles. The minimum Gasteiger partial charge on any atom is -0.458 e. The van der Waals surface area contributed by atoms with E-state index < -0.39 is 17.9 Å². The smallest absolute Gasteiger partial charge is 0.336 e. The molecule has 0 aliphatic rings. The number of rotatable bonds is 10. The molecule has 0 aliphatic carbocycles. The van der Waals surface area contributed by atoms with Crippen molar-refractivity contribution in [1.29, 1.82) is 0 Å². The SMILES string of the molecule is C=CC(=O)OCOc1ccc(OC(=O)/C=C/c2ccc(COC(=O)C=C)cc2)cc1. The zero-order chi connectivity index (χ0) is 21.8. The van der Waals surface area contributed by atoms with Crippen LogP contribution in [0.1, 0.15) is 11.1 Å². The number of benzene rings is 2. The third-order valence-corrected chi connectivity index (χ3v) is 3.57. The normalized spacial score (nSPS) is 10.1. The van der Waals surface area contributed by atoms with Gasteiger partial charge in [-0.1, -0.05) is 37.4 Å². The summed E-state index contributed by atoms with van der Waals surface area (Å²) in [5.74, 6) is -0.844. The summed E-state index contributed by atoms with van der Waals surface area (Å²) < 4.78 is 20.1. The van der Waals surface area contributed by atoms with Crippen molar-refractivity contribution < 1.29 is 33.3 Å². The average molecular weight is 408 g/mol. The second-order valence-electron chi connectivity index (χ2n) is 5.71. The Balaban J connectivity index is 1.81. The fourth-order valence-electron chi connectivity index (χ4n) is 2.07. The second kappa shape index (κ2) is 11.7. The van der Waals surface area contributed by atoms with Gasteiger partial charge in [0.05, 0.1) is 0 Å². The van der Waals surface area contributed by atoms with Crippen LogP contribution in [-0.4, -0.2) is 24.7 Å². The number of carbonyl (C=O) groups is 3. The van der Waals surface area contributed by atoms with Gasteiger partial charge in [0.2, 0.25) is 6.79 Å². The summed E-state index contributed by atoms with van der Waals surface area (Å²) in [6.45, 7) is 6.50. The van der Waals surface area contributed by atoms with E-state index in [9.17, 15) is 14.4 Å². The fourth-order valence-corrected chi connectivity index (χ4v) is 2.07. The fraction of sp³-hybridized carbons (Fsp3) is 0.0870. The van der Waals surface area contributed by atoms with E-state index in [1.807, 2.05) is 0 Å². The lowest BCUT2D eigenvalue weighted by molar-refractivity contribution is -0.144. The van der Waals surface area contributed by atoms with Gasteiger partial charge in [0.15, 0.2) is 0 Å². The largest absolute Gasteiger partial charge is 0.458 e. The average Bonchev–Trinajstić information content (AvgIpc) is 2.77. The molecule has 0 N–H and O–H groups in total. The van der Waals surface area contributed by atoms with Gasteiger partial charge in [0.25, 0.3) is 0 Å². The van der Waals surface area contributed by atoms with Crippen LogP contribution in [0, 0.1) is 0 Å². The van der Waals surface area contributed by atoms with Gasteiger partial charge in [0, 0.05) is 18.2 Å². The van der Waals surface area contributed by atoms with Gasteiger partial charge in [0.1, 0.15) is 18.1 Å². The number of hydrogen-bond donors (Lipinski definition) is 0. The molecule has 0 atom stereocenters. The number of ether oxygens (including phenoxy) is 4. The zero-order valence-corrected chi connectivity index (χ0v) is 16.1. The lowest BCUT2D eigenvalue weighted by Crippen LogP contribution is -2.07. The van der Waals surface area contributed by atoms with Crippen LogP contribution in [0.15, 0.2) is 79.9 Å². The van der Waals surface area contributed by atoms with Crippen LogP contribution < -0.4 is 9.47 Å². The van der Waals surface area contributed by atoms with Crippen molar-refractivity contribution in [2.45, 2.75) is 6.61 Å². The van der Waals surface area contributed by atoms with Gasteiger partial charge in [-0.25, -0.2) is 14.4 Å².